The minimum atomic E-state index is -0.299. The largest absolute Gasteiger partial charge is 0.370 e. The lowest BCUT2D eigenvalue weighted by molar-refractivity contribution is -0.119. The summed E-state index contributed by atoms with van der Waals surface area (Å²) < 4.78 is 0. The molecule has 0 aromatic carbocycles. The van der Waals surface area contributed by atoms with E-state index in [1.54, 1.807) is 0 Å². The molecule has 0 aromatic rings. The zero-order valence-electron chi connectivity index (χ0n) is 8.47. The van der Waals surface area contributed by atoms with Crippen LogP contribution in [0.2, 0.25) is 0 Å². The summed E-state index contributed by atoms with van der Waals surface area (Å²) in [6.45, 7) is 4.32. The molecule has 1 aliphatic heterocycles. The second kappa shape index (κ2) is 4.23. The van der Waals surface area contributed by atoms with Crippen molar-refractivity contribution in [3.05, 3.63) is 12.2 Å². The number of nitrogens with zero attached hydrogens (tertiary/aromatic N) is 2. The van der Waals surface area contributed by atoms with Gasteiger partial charge < -0.3 is 11.5 Å². The Kier molecular flexibility index (Phi) is 3.24. The molecule has 0 spiro atoms. The van der Waals surface area contributed by atoms with Crippen LogP contribution in [0.25, 0.3) is 0 Å². The van der Waals surface area contributed by atoms with Gasteiger partial charge in [-0.05, 0) is 13.8 Å². The number of rotatable bonds is 2. The molecule has 2 atom stereocenters. The van der Waals surface area contributed by atoms with Crippen LogP contribution in [-0.2, 0) is 4.79 Å². The van der Waals surface area contributed by atoms with Crippen molar-refractivity contribution in [3.63, 3.8) is 0 Å². The highest BCUT2D eigenvalue weighted by Gasteiger charge is 2.23. The van der Waals surface area contributed by atoms with Crippen molar-refractivity contribution in [3.8, 4) is 0 Å². The summed E-state index contributed by atoms with van der Waals surface area (Å²) in [5, 5.41) is 0. The lowest BCUT2D eigenvalue weighted by atomic mass is 10.3. The average Bonchev–Trinajstić information content (AvgIpc) is 2.34. The number of guanidine groups is 1. The SMILES string of the molecule is C[C@@H]1C=C[C@H](C)N1CC(=O)N=C(N)N. The molecule has 4 N–H and O–H groups in total. The summed E-state index contributed by atoms with van der Waals surface area (Å²) in [6.07, 6.45) is 4.13. The van der Waals surface area contributed by atoms with Crippen LogP contribution in [0.1, 0.15) is 13.8 Å². The van der Waals surface area contributed by atoms with Crippen molar-refractivity contribution in [2.75, 3.05) is 6.54 Å². The van der Waals surface area contributed by atoms with Crippen LogP contribution >= 0.6 is 0 Å². The molecule has 0 saturated heterocycles. The Labute approximate surface area is 83.5 Å². The summed E-state index contributed by atoms with van der Waals surface area (Å²) in [7, 11) is 0. The molecule has 1 rings (SSSR count). The highest BCUT2D eigenvalue weighted by Crippen LogP contribution is 2.15. The predicted octanol–water partition coefficient (Wildman–Crippen LogP) is -0.565. The number of nitrogens with two attached hydrogens (primary N) is 2. The zero-order chi connectivity index (χ0) is 10.7. The van der Waals surface area contributed by atoms with Gasteiger partial charge in [0, 0.05) is 12.1 Å². The van der Waals surface area contributed by atoms with E-state index in [9.17, 15) is 4.79 Å². The Morgan fingerprint density at radius 2 is 1.86 bits per heavy atom. The Morgan fingerprint density at radius 1 is 1.36 bits per heavy atom. The van der Waals surface area contributed by atoms with Crippen molar-refractivity contribution in [1.29, 1.82) is 0 Å². The van der Waals surface area contributed by atoms with Crippen molar-refractivity contribution in [1.82, 2.24) is 4.90 Å². The first-order valence-electron chi connectivity index (χ1n) is 4.57. The lowest BCUT2D eigenvalue weighted by Crippen LogP contribution is -2.38. The third-order valence-electron chi connectivity index (χ3n) is 2.29. The first-order chi connectivity index (χ1) is 6.50. The molecular formula is C9H16N4O. The Morgan fingerprint density at radius 3 is 2.29 bits per heavy atom. The van der Waals surface area contributed by atoms with Gasteiger partial charge in [-0.2, -0.15) is 4.99 Å². The smallest absolute Gasteiger partial charge is 0.263 e. The molecule has 0 fully saturated rings. The van der Waals surface area contributed by atoms with E-state index < -0.39 is 0 Å². The van der Waals surface area contributed by atoms with Gasteiger partial charge in [0.25, 0.3) is 5.91 Å². The Balaban J connectivity index is 2.53. The second-order valence-corrected chi connectivity index (χ2v) is 3.47. The van der Waals surface area contributed by atoms with E-state index in [0.717, 1.165) is 0 Å². The zero-order valence-corrected chi connectivity index (χ0v) is 8.47. The molecule has 5 nitrogen and oxygen atoms in total. The lowest BCUT2D eigenvalue weighted by Gasteiger charge is -2.24. The van der Waals surface area contributed by atoms with E-state index in [0.29, 0.717) is 0 Å². The fourth-order valence-corrected chi connectivity index (χ4v) is 1.54. The second-order valence-electron chi connectivity index (χ2n) is 3.47. The number of amides is 1. The van der Waals surface area contributed by atoms with Crippen LogP contribution < -0.4 is 11.5 Å². The maximum Gasteiger partial charge on any atom is 0.263 e. The van der Waals surface area contributed by atoms with Gasteiger partial charge in [-0.25, -0.2) is 0 Å². The first-order valence-corrected chi connectivity index (χ1v) is 4.57. The van der Waals surface area contributed by atoms with Crippen LogP contribution in [0.3, 0.4) is 0 Å². The molecule has 5 heteroatoms. The summed E-state index contributed by atoms with van der Waals surface area (Å²) in [5.41, 5.74) is 10.2. The van der Waals surface area contributed by atoms with Crippen LogP contribution in [0.4, 0.5) is 0 Å². The van der Waals surface area contributed by atoms with Crippen molar-refractivity contribution < 1.29 is 4.79 Å². The Hall–Kier alpha value is -1.36. The van der Waals surface area contributed by atoms with E-state index in [4.69, 9.17) is 11.5 Å². The van der Waals surface area contributed by atoms with Gasteiger partial charge in [-0.3, -0.25) is 9.69 Å². The average molecular weight is 196 g/mol. The third kappa shape index (κ3) is 2.56. The number of aliphatic imine (C=N–C) groups is 1. The topological polar surface area (TPSA) is 84.7 Å². The van der Waals surface area contributed by atoms with Gasteiger partial charge in [0.05, 0.1) is 6.54 Å². The van der Waals surface area contributed by atoms with Crippen molar-refractivity contribution in [2.45, 2.75) is 25.9 Å². The molecule has 1 aliphatic rings. The molecule has 0 unspecified atom stereocenters. The number of hydrogen-bond donors (Lipinski definition) is 2. The molecule has 0 aromatic heterocycles. The molecule has 78 valence electrons. The highest BCUT2D eigenvalue weighted by atomic mass is 16.1. The molecule has 14 heavy (non-hydrogen) atoms. The summed E-state index contributed by atoms with van der Waals surface area (Å²) in [5.74, 6) is -0.477. The van der Waals surface area contributed by atoms with E-state index in [2.05, 4.69) is 17.1 Å². The molecule has 1 heterocycles. The van der Waals surface area contributed by atoms with Crippen LogP contribution in [0.5, 0.6) is 0 Å². The molecular weight excluding hydrogens is 180 g/mol. The molecule has 0 bridgehead atoms. The molecule has 0 aliphatic carbocycles. The summed E-state index contributed by atoms with van der Waals surface area (Å²) >= 11 is 0. The number of carbonyl (C=O) groups is 1. The predicted molar refractivity (Wildman–Crippen MR) is 55.6 cm³/mol. The minimum absolute atomic E-state index is 0.178. The minimum Gasteiger partial charge on any atom is -0.370 e. The summed E-state index contributed by atoms with van der Waals surface area (Å²) in [4.78, 5) is 16.8. The van der Waals surface area contributed by atoms with Gasteiger partial charge in [-0.1, -0.05) is 12.2 Å². The van der Waals surface area contributed by atoms with Gasteiger partial charge in [-0.15, -0.1) is 0 Å². The highest BCUT2D eigenvalue weighted by molar-refractivity contribution is 5.92. The maximum atomic E-state index is 11.3. The number of hydrogen-bond acceptors (Lipinski definition) is 2. The fourth-order valence-electron chi connectivity index (χ4n) is 1.54. The molecule has 1 amide bonds. The van der Waals surface area contributed by atoms with Crippen molar-refractivity contribution in [2.24, 2.45) is 16.5 Å². The quantitative estimate of drug-likeness (QED) is 0.352. The summed E-state index contributed by atoms with van der Waals surface area (Å²) in [6, 6.07) is 0.534. The van der Waals surface area contributed by atoms with Crippen LogP contribution in [0, 0.1) is 0 Å². The van der Waals surface area contributed by atoms with Crippen LogP contribution in [0.15, 0.2) is 17.1 Å². The molecule has 0 saturated carbocycles. The first kappa shape index (κ1) is 10.7. The van der Waals surface area contributed by atoms with E-state index in [1.165, 1.54) is 0 Å². The fraction of sp³-hybridized carbons (Fsp3) is 0.556. The monoisotopic (exact) mass is 196 g/mol. The number of carbonyl (C=O) groups excluding carboxylic acids is 1. The van der Waals surface area contributed by atoms with Gasteiger partial charge >= 0.3 is 0 Å². The van der Waals surface area contributed by atoms with E-state index >= 15 is 0 Å². The standard InChI is InChI=1S/C9H16N4O/c1-6-3-4-7(2)13(6)5-8(14)12-9(10)11/h3-4,6-7H,5H2,1-2H3,(H4,10,11,12,14)/t6-,7+. The third-order valence-corrected chi connectivity index (χ3v) is 2.29. The van der Waals surface area contributed by atoms with Gasteiger partial charge in [0.15, 0.2) is 5.96 Å². The maximum absolute atomic E-state index is 11.3. The van der Waals surface area contributed by atoms with Crippen molar-refractivity contribution >= 4 is 11.9 Å². The van der Waals surface area contributed by atoms with Gasteiger partial charge in [0.1, 0.15) is 0 Å². The Bertz CT molecular complexity index is 269. The van der Waals surface area contributed by atoms with Gasteiger partial charge in [0.2, 0.25) is 0 Å². The van der Waals surface area contributed by atoms with E-state index in [1.807, 2.05) is 18.7 Å². The molecule has 0 radical (unpaired) electrons. The van der Waals surface area contributed by atoms with E-state index in [-0.39, 0.29) is 30.5 Å². The normalized spacial score (nSPS) is 26.4. The van der Waals surface area contributed by atoms with Crippen LogP contribution in [-0.4, -0.2) is 35.4 Å².